The zero-order valence-electron chi connectivity index (χ0n) is 47.5. The predicted octanol–water partition coefficient (Wildman–Crippen LogP) is -2.47. The number of amides is 10. The van der Waals surface area contributed by atoms with Crippen LogP contribution in [0.25, 0.3) is 0 Å². The second kappa shape index (κ2) is 33.2. The Morgan fingerprint density at radius 3 is 1.69 bits per heavy atom. The van der Waals surface area contributed by atoms with Crippen molar-refractivity contribution in [2.24, 2.45) is 35.0 Å². The molecule has 0 aliphatic heterocycles. The van der Waals surface area contributed by atoms with Crippen LogP contribution in [-0.4, -0.2) is 158 Å². The Hall–Kier alpha value is -7.52. The number of nitrogens with zero attached hydrogens (tertiary/aromatic N) is 1. The first-order valence-corrected chi connectivity index (χ1v) is 26.8. The molecule has 2 aromatic rings. The van der Waals surface area contributed by atoms with Crippen LogP contribution in [-0.2, 0) is 65.6 Å². The number of hydrogen-bond acceptors (Lipinski definition) is 15. The van der Waals surface area contributed by atoms with Gasteiger partial charge in [-0.05, 0) is 89.7 Å². The maximum Gasteiger partial charge on any atom is 0.305 e. The molecule has 10 atom stereocenters. The lowest BCUT2D eigenvalue weighted by molar-refractivity contribution is -0.142. The molecule has 1 heterocycles. The fraction of sp³-hybridized carbons (Fsp3) is 0.623. The van der Waals surface area contributed by atoms with Crippen LogP contribution in [0.2, 0.25) is 0 Å². The number of hydrogen-bond donors (Lipinski definition) is 15. The Morgan fingerprint density at radius 2 is 1.15 bits per heavy atom. The third-order valence-corrected chi connectivity index (χ3v) is 12.6. The van der Waals surface area contributed by atoms with Crippen molar-refractivity contribution in [3.05, 3.63) is 54.1 Å². The Morgan fingerprint density at radius 1 is 0.613 bits per heavy atom. The van der Waals surface area contributed by atoms with Crippen LogP contribution in [0.3, 0.4) is 0 Å². The van der Waals surface area contributed by atoms with Crippen molar-refractivity contribution in [3.63, 3.8) is 0 Å². The molecule has 2 rings (SSSR count). The van der Waals surface area contributed by atoms with Crippen molar-refractivity contribution in [3.8, 4) is 0 Å². The van der Waals surface area contributed by atoms with E-state index in [9.17, 15) is 63.0 Å². The third-order valence-electron chi connectivity index (χ3n) is 12.6. The smallest absolute Gasteiger partial charge is 0.305 e. The molecule has 27 nitrogen and oxygen atoms in total. The van der Waals surface area contributed by atoms with E-state index in [1.807, 2.05) is 27.7 Å². The first-order valence-electron chi connectivity index (χ1n) is 26.8. The van der Waals surface area contributed by atoms with Crippen LogP contribution in [0, 0.1) is 17.8 Å². The molecule has 0 bridgehead atoms. The summed E-state index contributed by atoms with van der Waals surface area (Å²) in [5, 5.41) is 43.1. The number of aromatic nitrogens is 2. The van der Waals surface area contributed by atoms with Crippen molar-refractivity contribution in [2.45, 2.75) is 187 Å². The van der Waals surface area contributed by atoms with E-state index in [0.717, 1.165) is 6.92 Å². The number of nitrogens with one attached hydrogen (secondary N) is 10. The Bertz CT molecular complexity index is 2400. The molecule has 1 aromatic carbocycles. The number of aromatic amines is 1. The number of aliphatic hydroxyl groups excluding tert-OH is 1. The number of nitrogens with two attached hydrogens (primary N) is 3. The highest BCUT2D eigenvalue weighted by Gasteiger charge is 2.39. The van der Waals surface area contributed by atoms with Gasteiger partial charge in [0.1, 0.15) is 53.9 Å². The second-order valence-electron chi connectivity index (χ2n) is 21.7. The second-order valence-corrected chi connectivity index (χ2v) is 21.7. The minimum atomic E-state index is -1.89. The monoisotopic (exact) mass is 1130 g/mol. The van der Waals surface area contributed by atoms with Crippen LogP contribution in [0.15, 0.2) is 42.9 Å². The van der Waals surface area contributed by atoms with Crippen molar-refractivity contribution in [1.82, 2.24) is 57.8 Å². The van der Waals surface area contributed by atoms with Crippen LogP contribution in [0.1, 0.15) is 119 Å². The number of H-pyrrole nitrogens is 1. The molecule has 18 N–H and O–H groups in total. The molecule has 10 amide bonds. The van der Waals surface area contributed by atoms with E-state index < -0.39 is 143 Å². The first kappa shape index (κ1) is 68.6. The highest BCUT2D eigenvalue weighted by Crippen LogP contribution is 2.14. The van der Waals surface area contributed by atoms with Crippen molar-refractivity contribution in [1.29, 1.82) is 0 Å². The van der Waals surface area contributed by atoms with E-state index in [1.54, 1.807) is 44.2 Å². The number of benzene rings is 1. The molecule has 0 saturated carbocycles. The average molecular weight is 1130 g/mol. The first-order chi connectivity index (χ1) is 37.4. The van der Waals surface area contributed by atoms with Crippen molar-refractivity contribution >= 4 is 65.0 Å². The molecule has 0 aliphatic carbocycles. The largest absolute Gasteiger partial charge is 0.481 e. The maximum atomic E-state index is 14.2. The summed E-state index contributed by atoms with van der Waals surface area (Å²) in [6.07, 6.45) is 1.45. The summed E-state index contributed by atoms with van der Waals surface area (Å²) >= 11 is 0. The fourth-order valence-electron chi connectivity index (χ4n) is 8.07. The number of carbonyl (C=O) groups excluding carboxylic acids is 10. The van der Waals surface area contributed by atoms with Crippen LogP contribution in [0.5, 0.6) is 0 Å². The lowest BCUT2D eigenvalue weighted by Crippen LogP contribution is -2.64. The van der Waals surface area contributed by atoms with E-state index in [0.29, 0.717) is 24.1 Å². The van der Waals surface area contributed by atoms with E-state index in [-0.39, 0.29) is 50.5 Å². The van der Waals surface area contributed by atoms with Gasteiger partial charge >= 0.3 is 5.97 Å². The minimum Gasteiger partial charge on any atom is -0.481 e. The summed E-state index contributed by atoms with van der Waals surface area (Å²) in [5.74, 6) is -11.0. The average Bonchev–Trinajstić information content (AvgIpc) is 3.88. The number of rotatable bonds is 35. The SMILES string of the molecule is CC(C)C[C@H](NC(=O)[C@H](CC(C)C)NC(=O)C(C)(C)NC(=O)[C@@H](NC(=O)[C@H](Cc1ccccc1)NC(=O)[C@H](C)NC(=O)[C@H](CC(=O)O)NC(=O)[C@@H](NC(=O)[C@H](CCCCN)NC(=O)[C@@H](N)Cc1cnc[nH]1)[C@@H](C)O)C(C)C)C(N)=O. The van der Waals surface area contributed by atoms with Crippen LogP contribution < -0.4 is 65.1 Å². The van der Waals surface area contributed by atoms with Crippen LogP contribution >= 0.6 is 0 Å². The molecule has 0 aliphatic rings. The molecule has 0 spiro atoms. The zero-order valence-corrected chi connectivity index (χ0v) is 47.5. The van der Waals surface area contributed by atoms with E-state index in [1.165, 1.54) is 33.3 Å². The molecule has 0 unspecified atom stereocenters. The van der Waals surface area contributed by atoms with Gasteiger partial charge in [-0.1, -0.05) is 71.9 Å². The summed E-state index contributed by atoms with van der Waals surface area (Å²) in [6.45, 7) is 16.1. The Labute approximate surface area is 466 Å². The summed E-state index contributed by atoms with van der Waals surface area (Å²) in [4.78, 5) is 154. The highest BCUT2D eigenvalue weighted by atomic mass is 16.4. The summed E-state index contributed by atoms with van der Waals surface area (Å²) in [5.41, 5.74) is 16.7. The van der Waals surface area contributed by atoms with Gasteiger partial charge in [-0.15, -0.1) is 0 Å². The molecule has 0 fully saturated rings. The molecule has 446 valence electrons. The van der Waals surface area contributed by atoms with E-state index in [2.05, 4.69) is 57.8 Å². The number of carbonyl (C=O) groups is 11. The summed E-state index contributed by atoms with van der Waals surface area (Å²) < 4.78 is 0. The standard InChI is InChI=1S/C53H86N14O13/c1-27(2)20-36(43(56)71)61-48(76)37(21-28(3)4)64-52(80)53(9,10)67-51(79)41(29(5)6)65-49(77)38(22-32-16-12-11-13-17-32)62-44(72)30(7)59-47(75)39(24-40(69)70)63-50(78)42(31(8)68)66-46(74)35(18-14-15-19-54)60-45(73)34(55)23-33-25-57-26-58-33/h11-13,16-17,25-31,34-39,41-42,68H,14-15,18-24,54-55H2,1-10H3,(H2,56,71)(H,57,58)(H,59,75)(H,60,73)(H,61,76)(H,62,72)(H,63,78)(H,64,80)(H,65,77)(H,66,74)(H,67,79)(H,69,70)/t30-,31+,34-,35-,36-,37-,38-,39-,41-,42-/m0/s1. The van der Waals surface area contributed by atoms with Gasteiger partial charge in [-0.2, -0.15) is 0 Å². The van der Waals surface area contributed by atoms with Gasteiger partial charge in [-0.25, -0.2) is 4.98 Å². The molecule has 0 radical (unpaired) electrons. The summed E-state index contributed by atoms with van der Waals surface area (Å²) in [7, 11) is 0. The van der Waals surface area contributed by atoms with Crippen molar-refractivity contribution < 1.29 is 63.0 Å². The van der Waals surface area contributed by atoms with E-state index in [4.69, 9.17) is 17.2 Å². The molecule has 1 aromatic heterocycles. The van der Waals surface area contributed by atoms with Gasteiger partial charge in [0.05, 0.1) is 24.9 Å². The molecule has 27 heteroatoms. The minimum absolute atomic E-state index is 0.0134. The van der Waals surface area contributed by atoms with E-state index >= 15 is 0 Å². The van der Waals surface area contributed by atoms with Gasteiger partial charge in [0.25, 0.3) is 0 Å². The van der Waals surface area contributed by atoms with Crippen molar-refractivity contribution in [2.75, 3.05) is 6.54 Å². The number of aliphatic carboxylic acids is 1. The fourth-order valence-corrected chi connectivity index (χ4v) is 8.07. The Kier molecular flexibility index (Phi) is 28.4. The molecular weight excluding hydrogens is 1040 g/mol. The van der Waals surface area contributed by atoms with Crippen LogP contribution in [0.4, 0.5) is 0 Å². The number of primary amides is 1. The lowest BCUT2D eigenvalue weighted by atomic mass is 9.96. The normalized spacial score (nSPS) is 15.2. The number of carboxylic acids is 1. The lowest BCUT2D eigenvalue weighted by Gasteiger charge is -2.32. The molecule has 80 heavy (non-hydrogen) atoms. The summed E-state index contributed by atoms with van der Waals surface area (Å²) in [6, 6.07) is -3.94. The highest BCUT2D eigenvalue weighted by molar-refractivity contribution is 6.00. The Balaban J connectivity index is 2.30. The van der Waals surface area contributed by atoms with Gasteiger partial charge in [0.15, 0.2) is 0 Å². The topological polar surface area (TPSA) is 443 Å². The third kappa shape index (κ3) is 23.8. The van der Waals surface area contributed by atoms with Gasteiger partial charge in [0, 0.05) is 24.7 Å². The number of aliphatic hydroxyl groups is 1. The molecule has 0 saturated heterocycles. The molecular formula is C53H86N14O13. The quantitative estimate of drug-likeness (QED) is 0.0318. The number of unbranched alkanes of at least 4 members (excludes halogenated alkanes) is 1. The number of carboxylic acid groups (broad SMARTS) is 1. The van der Waals surface area contributed by atoms with Gasteiger partial charge in [0.2, 0.25) is 59.1 Å². The zero-order chi connectivity index (χ0) is 60.6. The number of imidazole rings is 1. The predicted molar refractivity (Wildman–Crippen MR) is 294 cm³/mol. The van der Waals surface area contributed by atoms with Gasteiger partial charge in [-0.3, -0.25) is 52.7 Å². The van der Waals surface area contributed by atoms with Gasteiger partial charge < -0.3 is 80.2 Å². The maximum absolute atomic E-state index is 14.2.